The van der Waals surface area contributed by atoms with Crippen molar-refractivity contribution in [2.45, 2.75) is 4.34 Å². The molecule has 0 aliphatic heterocycles. The molecule has 1 aromatic heterocycles. The molecular formula is C15H9N3O5S2. The van der Waals surface area contributed by atoms with Crippen molar-refractivity contribution in [2.24, 2.45) is 0 Å². The van der Waals surface area contributed by atoms with Crippen LogP contribution in [0.3, 0.4) is 0 Å². The highest BCUT2D eigenvalue weighted by Crippen LogP contribution is 2.32. The average Bonchev–Trinajstić information content (AvgIpc) is 3.01. The standard InChI is InChI=1S/C15H9N3O5S2/c19-13(9-1-3-10(4-2-9)17(20)21)8-24-15-16-12-6-5-11(18(22)23)7-14(12)25-15/h1-7H,8H2. The minimum Gasteiger partial charge on any atom is -0.293 e. The van der Waals surface area contributed by atoms with Gasteiger partial charge in [-0.2, -0.15) is 0 Å². The molecule has 0 aliphatic carbocycles. The Bertz CT molecular complexity index is 985. The Balaban J connectivity index is 1.70. The first-order valence-corrected chi connectivity index (χ1v) is 8.69. The van der Waals surface area contributed by atoms with Gasteiger partial charge in [0.15, 0.2) is 10.1 Å². The number of non-ortho nitro benzene ring substituents is 2. The maximum absolute atomic E-state index is 12.2. The zero-order valence-electron chi connectivity index (χ0n) is 12.4. The van der Waals surface area contributed by atoms with Crippen molar-refractivity contribution in [3.63, 3.8) is 0 Å². The zero-order chi connectivity index (χ0) is 18.0. The molecule has 0 N–H and O–H groups in total. The van der Waals surface area contributed by atoms with E-state index in [2.05, 4.69) is 4.98 Å². The van der Waals surface area contributed by atoms with Gasteiger partial charge in [0, 0.05) is 29.8 Å². The largest absolute Gasteiger partial charge is 0.293 e. The van der Waals surface area contributed by atoms with E-state index >= 15 is 0 Å². The summed E-state index contributed by atoms with van der Waals surface area (Å²) in [5.41, 5.74) is 0.947. The molecule has 0 radical (unpaired) electrons. The fourth-order valence-corrected chi connectivity index (χ4v) is 4.04. The minimum atomic E-state index is -0.524. The number of benzene rings is 2. The Labute approximate surface area is 148 Å². The molecule has 0 unspecified atom stereocenters. The van der Waals surface area contributed by atoms with Gasteiger partial charge in [-0.05, 0) is 18.2 Å². The molecule has 10 heteroatoms. The first-order chi connectivity index (χ1) is 11.9. The number of ketones is 1. The van der Waals surface area contributed by atoms with Gasteiger partial charge in [-0.3, -0.25) is 25.0 Å². The van der Waals surface area contributed by atoms with Crippen molar-refractivity contribution in [3.8, 4) is 0 Å². The molecule has 0 fully saturated rings. The predicted octanol–water partition coefficient (Wildman–Crippen LogP) is 4.09. The molecule has 0 aliphatic rings. The zero-order valence-corrected chi connectivity index (χ0v) is 14.1. The molecule has 1 heterocycles. The van der Waals surface area contributed by atoms with E-state index in [-0.39, 0.29) is 22.9 Å². The average molecular weight is 375 g/mol. The van der Waals surface area contributed by atoms with Crippen LogP contribution in [0.25, 0.3) is 10.2 Å². The van der Waals surface area contributed by atoms with Crippen LogP contribution in [0, 0.1) is 20.2 Å². The van der Waals surface area contributed by atoms with Gasteiger partial charge >= 0.3 is 0 Å². The van der Waals surface area contributed by atoms with E-state index in [9.17, 15) is 25.0 Å². The normalized spacial score (nSPS) is 10.7. The molecule has 126 valence electrons. The third kappa shape index (κ3) is 3.80. The molecule has 8 nitrogen and oxygen atoms in total. The van der Waals surface area contributed by atoms with Crippen molar-refractivity contribution in [1.29, 1.82) is 0 Å². The van der Waals surface area contributed by atoms with Crippen LogP contribution in [-0.4, -0.2) is 26.4 Å². The SMILES string of the molecule is O=C(CSc1nc2ccc([N+](=O)[O-])cc2s1)c1ccc([N+](=O)[O-])cc1. The summed E-state index contributed by atoms with van der Waals surface area (Å²) in [6.45, 7) is 0. The predicted molar refractivity (Wildman–Crippen MR) is 94.4 cm³/mol. The van der Waals surface area contributed by atoms with E-state index in [0.717, 1.165) is 0 Å². The lowest BCUT2D eigenvalue weighted by molar-refractivity contribution is -0.385. The van der Waals surface area contributed by atoms with Gasteiger partial charge in [0.1, 0.15) is 0 Å². The summed E-state index contributed by atoms with van der Waals surface area (Å²) in [6.07, 6.45) is 0. The number of thiazole rings is 1. The van der Waals surface area contributed by atoms with E-state index < -0.39 is 9.85 Å². The Morgan fingerprint density at radius 3 is 2.32 bits per heavy atom. The smallest absolute Gasteiger partial charge is 0.270 e. The monoisotopic (exact) mass is 375 g/mol. The highest BCUT2D eigenvalue weighted by Gasteiger charge is 2.13. The summed E-state index contributed by atoms with van der Waals surface area (Å²) in [4.78, 5) is 36.9. The number of thioether (sulfide) groups is 1. The summed E-state index contributed by atoms with van der Waals surface area (Å²) in [7, 11) is 0. The van der Waals surface area contributed by atoms with Crippen LogP contribution in [0.4, 0.5) is 11.4 Å². The quantitative estimate of drug-likeness (QED) is 0.276. The molecular weight excluding hydrogens is 366 g/mol. The molecule has 0 saturated heterocycles. The van der Waals surface area contributed by atoms with Crippen LogP contribution >= 0.6 is 23.1 Å². The lowest BCUT2D eigenvalue weighted by atomic mass is 10.1. The Morgan fingerprint density at radius 1 is 1.04 bits per heavy atom. The van der Waals surface area contributed by atoms with E-state index in [4.69, 9.17) is 0 Å². The minimum absolute atomic E-state index is 0.00495. The molecule has 2 aromatic carbocycles. The van der Waals surface area contributed by atoms with Crippen LogP contribution < -0.4 is 0 Å². The summed E-state index contributed by atoms with van der Waals surface area (Å²) in [5, 5.41) is 21.4. The van der Waals surface area contributed by atoms with Crippen molar-refractivity contribution in [3.05, 3.63) is 68.3 Å². The maximum atomic E-state index is 12.2. The third-order valence-electron chi connectivity index (χ3n) is 3.29. The number of carbonyl (C=O) groups is 1. The number of nitrogens with zero attached hydrogens (tertiary/aromatic N) is 3. The lowest BCUT2D eigenvalue weighted by Gasteiger charge is -1.99. The summed E-state index contributed by atoms with van der Waals surface area (Å²) < 4.78 is 1.31. The first-order valence-electron chi connectivity index (χ1n) is 6.89. The van der Waals surface area contributed by atoms with E-state index in [1.807, 2.05) is 0 Å². The number of hydrogen-bond donors (Lipinski definition) is 0. The second-order valence-corrected chi connectivity index (χ2v) is 7.16. The van der Waals surface area contributed by atoms with Gasteiger partial charge in [0.25, 0.3) is 11.4 Å². The van der Waals surface area contributed by atoms with Crippen LogP contribution in [0.2, 0.25) is 0 Å². The Kier molecular flexibility index (Phi) is 4.72. The van der Waals surface area contributed by atoms with Gasteiger partial charge in [-0.25, -0.2) is 4.98 Å². The number of carbonyl (C=O) groups excluding carboxylic acids is 1. The molecule has 0 atom stereocenters. The topological polar surface area (TPSA) is 116 Å². The van der Waals surface area contributed by atoms with Gasteiger partial charge in [-0.1, -0.05) is 11.8 Å². The molecule has 0 bridgehead atoms. The number of Topliss-reactive ketones (excluding diaryl/α,β-unsaturated/α-hetero) is 1. The van der Waals surface area contributed by atoms with Crippen molar-refractivity contribution in [2.75, 3.05) is 5.75 Å². The summed E-state index contributed by atoms with van der Waals surface area (Å²) >= 11 is 2.51. The number of rotatable bonds is 6. The highest BCUT2D eigenvalue weighted by atomic mass is 32.2. The molecule has 3 aromatic rings. The second-order valence-electron chi connectivity index (χ2n) is 4.90. The van der Waals surface area contributed by atoms with Crippen molar-refractivity contribution >= 4 is 50.5 Å². The maximum Gasteiger partial charge on any atom is 0.270 e. The number of nitro benzene ring substituents is 2. The number of hydrogen-bond acceptors (Lipinski definition) is 8. The Hall–Kier alpha value is -2.85. The fourth-order valence-electron chi connectivity index (χ4n) is 2.05. The fraction of sp³-hybridized carbons (Fsp3) is 0.0667. The molecule has 0 amide bonds. The molecule has 0 saturated carbocycles. The summed E-state index contributed by atoms with van der Waals surface area (Å²) in [5.74, 6) is -0.0511. The van der Waals surface area contributed by atoms with Crippen LogP contribution in [0.15, 0.2) is 46.8 Å². The summed E-state index contributed by atoms with van der Waals surface area (Å²) in [6, 6.07) is 9.83. The van der Waals surface area contributed by atoms with Crippen LogP contribution in [-0.2, 0) is 0 Å². The third-order valence-corrected chi connectivity index (χ3v) is 5.45. The lowest BCUT2D eigenvalue weighted by Crippen LogP contribution is -2.02. The van der Waals surface area contributed by atoms with Gasteiger partial charge < -0.3 is 0 Å². The number of fused-ring (bicyclic) bond motifs is 1. The van der Waals surface area contributed by atoms with Crippen molar-refractivity contribution < 1.29 is 14.6 Å². The van der Waals surface area contributed by atoms with Gasteiger partial charge in [-0.15, -0.1) is 11.3 Å². The van der Waals surface area contributed by atoms with E-state index in [1.54, 1.807) is 6.07 Å². The van der Waals surface area contributed by atoms with E-state index in [1.165, 1.54) is 59.5 Å². The number of nitro groups is 2. The van der Waals surface area contributed by atoms with E-state index in [0.29, 0.717) is 20.1 Å². The first kappa shape index (κ1) is 17.0. The molecule has 25 heavy (non-hydrogen) atoms. The molecule has 0 spiro atoms. The Morgan fingerprint density at radius 2 is 1.68 bits per heavy atom. The van der Waals surface area contributed by atoms with Crippen LogP contribution in [0.5, 0.6) is 0 Å². The number of aromatic nitrogens is 1. The molecule has 3 rings (SSSR count). The van der Waals surface area contributed by atoms with Gasteiger partial charge in [0.2, 0.25) is 0 Å². The highest BCUT2D eigenvalue weighted by molar-refractivity contribution is 8.01. The van der Waals surface area contributed by atoms with Crippen molar-refractivity contribution in [1.82, 2.24) is 4.98 Å². The van der Waals surface area contributed by atoms with Gasteiger partial charge in [0.05, 0.1) is 25.8 Å². The second kappa shape index (κ2) is 6.95. The van der Waals surface area contributed by atoms with Crippen LogP contribution in [0.1, 0.15) is 10.4 Å².